The van der Waals surface area contributed by atoms with Crippen molar-refractivity contribution in [1.82, 2.24) is 0 Å². The number of allylic oxidation sites excluding steroid dienone is 26. The van der Waals surface area contributed by atoms with Crippen LogP contribution in [0.15, 0.2) is 158 Å². The molecule has 0 aliphatic rings. The zero-order valence-corrected chi connectivity index (χ0v) is 53.7. The van der Waals surface area contributed by atoms with Crippen LogP contribution >= 0.6 is 0 Å². The van der Waals surface area contributed by atoms with Crippen LogP contribution < -0.4 is 0 Å². The molecule has 1 atom stereocenters. The van der Waals surface area contributed by atoms with Crippen LogP contribution in [0.3, 0.4) is 0 Å². The average Bonchev–Trinajstić information content (AvgIpc) is 3.48. The lowest BCUT2D eigenvalue weighted by Gasteiger charge is -2.18. The zero-order chi connectivity index (χ0) is 59.9. The van der Waals surface area contributed by atoms with Gasteiger partial charge in [-0.1, -0.05) is 288 Å². The van der Waals surface area contributed by atoms with Crippen LogP contribution in [-0.4, -0.2) is 37.2 Å². The maximum Gasteiger partial charge on any atom is 0.306 e. The maximum absolute atomic E-state index is 12.9. The van der Waals surface area contributed by atoms with Crippen LogP contribution in [0.1, 0.15) is 290 Å². The number of hydrogen-bond donors (Lipinski definition) is 0. The molecule has 83 heavy (non-hydrogen) atoms. The molecule has 0 bridgehead atoms. The smallest absolute Gasteiger partial charge is 0.306 e. The molecular weight excluding hydrogens is 1020 g/mol. The van der Waals surface area contributed by atoms with Crippen LogP contribution in [0.2, 0.25) is 0 Å². The highest BCUT2D eigenvalue weighted by atomic mass is 16.6. The first kappa shape index (κ1) is 78.0. The third-order valence-electron chi connectivity index (χ3n) is 14.0. The summed E-state index contributed by atoms with van der Waals surface area (Å²) in [5, 5.41) is 0. The van der Waals surface area contributed by atoms with Gasteiger partial charge in [0.1, 0.15) is 13.2 Å². The summed E-state index contributed by atoms with van der Waals surface area (Å²) in [7, 11) is 0. The van der Waals surface area contributed by atoms with Gasteiger partial charge in [-0.05, 0) is 141 Å². The van der Waals surface area contributed by atoms with E-state index in [0.29, 0.717) is 19.3 Å². The van der Waals surface area contributed by atoms with Gasteiger partial charge in [0, 0.05) is 19.3 Å². The molecule has 0 N–H and O–H groups in total. The fourth-order valence-corrected chi connectivity index (χ4v) is 8.96. The Kier molecular flexibility index (Phi) is 65.4. The van der Waals surface area contributed by atoms with E-state index in [-0.39, 0.29) is 31.1 Å². The molecule has 0 saturated heterocycles. The van der Waals surface area contributed by atoms with Gasteiger partial charge in [0.15, 0.2) is 6.10 Å². The number of unbranched alkanes of at least 4 members (excludes halogenated alkanes) is 23. The molecule has 0 aliphatic carbocycles. The molecule has 0 heterocycles. The van der Waals surface area contributed by atoms with Crippen molar-refractivity contribution in [3.8, 4) is 0 Å². The Morgan fingerprint density at radius 2 is 0.470 bits per heavy atom. The zero-order valence-electron chi connectivity index (χ0n) is 53.7. The molecule has 1 unspecified atom stereocenters. The number of esters is 3. The Bertz CT molecular complexity index is 1840. The molecule has 0 saturated carbocycles. The van der Waals surface area contributed by atoms with Gasteiger partial charge < -0.3 is 14.2 Å². The second-order valence-electron chi connectivity index (χ2n) is 22.0. The molecule has 0 aromatic carbocycles. The van der Waals surface area contributed by atoms with E-state index in [4.69, 9.17) is 14.2 Å². The van der Waals surface area contributed by atoms with Crippen molar-refractivity contribution in [2.45, 2.75) is 297 Å². The molecule has 6 heteroatoms. The summed E-state index contributed by atoms with van der Waals surface area (Å²) >= 11 is 0. The molecule has 0 aliphatic heterocycles. The van der Waals surface area contributed by atoms with Crippen LogP contribution in [0.25, 0.3) is 0 Å². The molecule has 0 radical (unpaired) electrons. The fourth-order valence-electron chi connectivity index (χ4n) is 8.96. The highest BCUT2D eigenvalue weighted by Gasteiger charge is 2.19. The number of carbonyl (C=O) groups excluding carboxylic acids is 3. The SMILES string of the molecule is CC/C=C\C/C=C\C/C=C\C/C=C\C/C=C\C/C=C\C/C=C\CCCCCCCCCC(=O)OCC(COC(=O)CCCCCCC/C=C\CCCC)OC(=O)CCCCCCCCCCC/C=C\C/C=C\C/C=C\C/C=C\C/C=C\CC. The summed E-state index contributed by atoms with van der Waals surface area (Å²) in [4.78, 5) is 38.4. The van der Waals surface area contributed by atoms with Crippen molar-refractivity contribution in [1.29, 1.82) is 0 Å². The average molecular weight is 1150 g/mol. The Morgan fingerprint density at radius 3 is 0.747 bits per heavy atom. The van der Waals surface area contributed by atoms with E-state index >= 15 is 0 Å². The summed E-state index contributed by atoms with van der Waals surface area (Å²) in [6.45, 7) is 6.36. The first-order chi connectivity index (χ1) is 41.0. The minimum Gasteiger partial charge on any atom is -0.462 e. The van der Waals surface area contributed by atoms with Crippen LogP contribution in [0.4, 0.5) is 0 Å². The van der Waals surface area contributed by atoms with E-state index in [1.807, 2.05) is 0 Å². The predicted molar refractivity (Wildman–Crippen MR) is 362 cm³/mol. The number of carbonyl (C=O) groups is 3. The lowest BCUT2D eigenvalue weighted by Crippen LogP contribution is -2.30. The van der Waals surface area contributed by atoms with Gasteiger partial charge in [-0.15, -0.1) is 0 Å². The van der Waals surface area contributed by atoms with Gasteiger partial charge in [0.25, 0.3) is 0 Å². The minimum absolute atomic E-state index is 0.0934. The van der Waals surface area contributed by atoms with Crippen LogP contribution in [0.5, 0.6) is 0 Å². The van der Waals surface area contributed by atoms with E-state index < -0.39 is 6.10 Å². The maximum atomic E-state index is 12.9. The highest BCUT2D eigenvalue weighted by Crippen LogP contribution is 2.15. The Hall–Kier alpha value is -4.97. The standard InChI is InChI=1S/C77H124O6/c1-4-7-10-13-16-19-22-24-26-28-30-32-34-36-37-38-39-41-42-44-46-48-50-52-55-58-61-64-67-70-76(79)82-73-74(72-81-75(78)69-66-63-60-57-54-21-18-15-12-9-6-3)83-77(80)71-68-65-62-59-56-53-51-49-47-45-43-40-35-33-31-29-27-25-23-20-17-14-11-8-5-2/h7-8,10-11,15-20,24-27,30-33,36-37,39-41,43-44,46,74H,4-6,9,12-14,21-23,28-29,34-35,38,42,45,47-73H2,1-3H3/b10-7-,11-8-,18-15-,19-16-,20-17-,26-24-,27-25-,32-30-,33-31-,37-36-,41-39-,43-40-,46-44-. The molecule has 0 amide bonds. The summed E-state index contributed by atoms with van der Waals surface area (Å²) < 4.78 is 16.9. The minimum atomic E-state index is -0.798. The summed E-state index contributed by atoms with van der Waals surface area (Å²) in [5.74, 6) is -0.920. The largest absolute Gasteiger partial charge is 0.462 e. The van der Waals surface area contributed by atoms with E-state index in [9.17, 15) is 14.4 Å². The lowest BCUT2D eigenvalue weighted by molar-refractivity contribution is -0.167. The molecule has 0 fully saturated rings. The van der Waals surface area contributed by atoms with Crippen molar-refractivity contribution in [3.05, 3.63) is 158 Å². The molecule has 0 aromatic heterocycles. The van der Waals surface area contributed by atoms with Gasteiger partial charge in [-0.2, -0.15) is 0 Å². The van der Waals surface area contributed by atoms with Crippen molar-refractivity contribution in [3.63, 3.8) is 0 Å². The monoisotopic (exact) mass is 1140 g/mol. The van der Waals surface area contributed by atoms with E-state index in [1.165, 1.54) is 89.9 Å². The van der Waals surface area contributed by atoms with Gasteiger partial charge in [0.05, 0.1) is 0 Å². The summed E-state index contributed by atoms with van der Waals surface area (Å²) in [5.41, 5.74) is 0. The van der Waals surface area contributed by atoms with Gasteiger partial charge in [-0.3, -0.25) is 14.4 Å². The Labute approximate surface area is 511 Å². The third-order valence-corrected chi connectivity index (χ3v) is 14.0. The number of ether oxygens (including phenoxy) is 3. The second-order valence-corrected chi connectivity index (χ2v) is 22.0. The molecular formula is C77H124O6. The van der Waals surface area contributed by atoms with E-state index in [0.717, 1.165) is 161 Å². The predicted octanol–water partition coefficient (Wildman–Crippen LogP) is 23.7. The molecule has 0 aromatic rings. The van der Waals surface area contributed by atoms with E-state index in [1.54, 1.807) is 0 Å². The molecule has 468 valence electrons. The third kappa shape index (κ3) is 67.7. The first-order valence-electron chi connectivity index (χ1n) is 34.0. The van der Waals surface area contributed by atoms with Crippen LogP contribution in [-0.2, 0) is 28.6 Å². The van der Waals surface area contributed by atoms with Gasteiger partial charge in [0.2, 0.25) is 0 Å². The second kappa shape index (κ2) is 69.5. The highest BCUT2D eigenvalue weighted by molar-refractivity contribution is 5.71. The van der Waals surface area contributed by atoms with Crippen molar-refractivity contribution >= 4 is 17.9 Å². The van der Waals surface area contributed by atoms with Crippen molar-refractivity contribution < 1.29 is 28.6 Å². The van der Waals surface area contributed by atoms with Crippen molar-refractivity contribution in [2.24, 2.45) is 0 Å². The topological polar surface area (TPSA) is 78.9 Å². The Morgan fingerprint density at radius 1 is 0.253 bits per heavy atom. The van der Waals surface area contributed by atoms with Gasteiger partial charge in [-0.25, -0.2) is 0 Å². The van der Waals surface area contributed by atoms with Gasteiger partial charge >= 0.3 is 17.9 Å². The molecule has 0 rings (SSSR count). The normalized spacial score (nSPS) is 13.1. The quantitative estimate of drug-likeness (QED) is 0.0261. The van der Waals surface area contributed by atoms with E-state index in [2.05, 4.69) is 179 Å². The summed E-state index contributed by atoms with van der Waals surface area (Å²) in [6, 6.07) is 0. The number of hydrogen-bond acceptors (Lipinski definition) is 6. The fraction of sp³-hybridized carbons (Fsp3) is 0.623. The number of rotatable bonds is 60. The molecule has 0 spiro atoms. The van der Waals surface area contributed by atoms with Crippen molar-refractivity contribution in [2.75, 3.05) is 13.2 Å². The Balaban J connectivity index is 4.33. The first-order valence-corrected chi connectivity index (χ1v) is 34.0. The molecule has 6 nitrogen and oxygen atoms in total. The lowest BCUT2D eigenvalue weighted by atomic mass is 10.1. The summed E-state index contributed by atoms with van der Waals surface area (Å²) in [6.07, 6.45) is 101. The van der Waals surface area contributed by atoms with Crippen LogP contribution in [0, 0.1) is 0 Å².